The maximum atomic E-state index is 13.3. The van der Waals surface area contributed by atoms with Gasteiger partial charge in [-0.2, -0.15) is 0 Å². The maximum Gasteiger partial charge on any atom is 0.261 e. The van der Waals surface area contributed by atoms with Gasteiger partial charge in [0, 0.05) is 17.6 Å². The van der Waals surface area contributed by atoms with E-state index in [0.717, 1.165) is 42.4 Å². The van der Waals surface area contributed by atoms with Crippen molar-refractivity contribution in [2.75, 3.05) is 6.61 Å². The van der Waals surface area contributed by atoms with Crippen molar-refractivity contribution >= 4 is 23.4 Å². The molecule has 2 aromatic rings. The number of rotatable bonds is 8. The van der Waals surface area contributed by atoms with Gasteiger partial charge in [-0.3, -0.25) is 9.59 Å². The lowest BCUT2D eigenvalue weighted by Gasteiger charge is -2.29. The molecule has 2 amide bonds. The van der Waals surface area contributed by atoms with Crippen LogP contribution in [0.2, 0.25) is 5.02 Å². The van der Waals surface area contributed by atoms with Crippen LogP contribution in [0.15, 0.2) is 36.4 Å². The number of nitrogens with zero attached hydrogens (tertiary/aromatic N) is 1. The molecular weight excluding hydrogens is 431 g/mol. The van der Waals surface area contributed by atoms with Crippen LogP contribution >= 0.6 is 11.6 Å². The molecule has 1 saturated carbocycles. The lowest BCUT2D eigenvalue weighted by molar-refractivity contribution is -0.142. The number of hydrogen-bond acceptors (Lipinski definition) is 3. The highest BCUT2D eigenvalue weighted by molar-refractivity contribution is 6.32. The van der Waals surface area contributed by atoms with Gasteiger partial charge in [-0.25, -0.2) is 4.39 Å². The van der Waals surface area contributed by atoms with Gasteiger partial charge in [0.05, 0.1) is 0 Å². The zero-order chi connectivity index (χ0) is 23.3. The highest BCUT2D eigenvalue weighted by Gasteiger charge is 2.28. The minimum absolute atomic E-state index is 0.156. The van der Waals surface area contributed by atoms with Crippen molar-refractivity contribution in [2.24, 2.45) is 0 Å². The number of amides is 2. The maximum absolute atomic E-state index is 13.3. The van der Waals surface area contributed by atoms with Gasteiger partial charge >= 0.3 is 0 Å². The van der Waals surface area contributed by atoms with Crippen LogP contribution in [-0.4, -0.2) is 35.4 Å². The van der Waals surface area contributed by atoms with Gasteiger partial charge in [0.15, 0.2) is 6.61 Å². The average Bonchev–Trinajstić information content (AvgIpc) is 3.27. The summed E-state index contributed by atoms with van der Waals surface area (Å²) in [7, 11) is 0. The van der Waals surface area contributed by atoms with Crippen LogP contribution in [-0.2, 0) is 16.1 Å². The summed E-state index contributed by atoms with van der Waals surface area (Å²) in [5.41, 5.74) is 2.46. The number of carbonyl (C=O) groups excluding carboxylic acids is 2. The number of carbonyl (C=O) groups is 2. The van der Waals surface area contributed by atoms with Gasteiger partial charge in [-0.05, 0) is 74.6 Å². The number of benzene rings is 2. The second-order valence-electron chi connectivity index (χ2n) is 8.47. The summed E-state index contributed by atoms with van der Waals surface area (Å²) in [4.78, 5) is 27.5. The minimum Gasteiger partial charge on any atom is -0.484 e. The van der Waals surface area contributed by atoms with Crippen molar-refractivity contribution in [3.63, 3.8) is 0 Å². The lowest BCUT2D eigenvalue weighted by Crippen LogP contribution is -2.50. The van der Waals surface area contributed by atoms with E-state index in [1.807, 2.05) is 13.8 Å². The Morgan fingerprint density at radius 1 is 1.16 bits per heavy atom. The third kappa shape index (κ3) is 6.22. The van der Waals surface area contributed by atoms with Gasteiger partial charge in [-0.1, -0.05) is 36.6 Å². The van der Waals surface area contributed by atoms with Gasteiger partial charge < -0.3 is 15.0 Å². The molecule has 7 heteroatoms. The topological polar surface area (TPSA) is 58.6 Å². The van der Waals surface area contributed by atoms with Crippen molar-refractivity contribution in [2.45, 2.75) is 65.1 Å². The molecule has 0 bridgehead atoms. The summed E-state index contributed by atoms with van der Waals surface area (Å²) in [6, 6.07) is 8.95. The first-order valence-corrected chi connectivity index (χ1v) is 11.4. The first-order valence-electron chi connectivity index (χ1n) is 11.0. The van der Waals surface area contributed by atoms with E-state index in [4.69, 9.17) is 16.3 Å². The highest BCUT2D eigenvalue weighted by atomic mass is 35.5. The molecule has 3 rings (SSSR count). The van der Waals surface area contributed by atoms with Gasteiger partial charge in [0.2, 0.25) is 5.91 Å². The molecule has 1 N–H and O–H groups in total. The van der Waals surface area contributed by atoms with Crippen molar-refractivity contribution in [3.05, 3.63) is 63.9 Å². The fraction of sp³-hybridized carbons (Fsp3) is 0.440. The van der Waals surface area contributed by atoms with Gasteiger partial charge in [0.1, 0.15) is 17.6 Å². The fourth-order valence-corrected chi connectivity index (χ4v) is 4.09. The molecule has 172 valence electrons. The summed E-state index contributed by atoms with van der Waals surface area (Å²) in [5, 5.41) is 3.72. The van der Waals surface area contributed by atoms with Gasteiger partial charge in [0.25, 0.3) is 5.91 Å². The minimum atomic E-state index is -0.689. The molecule has 1 aliphatic rings. The van der Waals surface area contributed by atoms with E-state index in [-0.39, 0.29) is 36.8 Å². The number of ether oxygens (including phenoxy) is 1. The van der Waals surface area contributed by atoms with Crippen molar-refractivity contribution in [1.29, 1.82) is 0 Å². The molecule has 0 spiro atoms. The van der Waals surface area contributed by atoms with E-state index in [1.165, 1.54) is 17.0 Å². The smallest absolute Gasteiger partial charge is 0.261 e. The van der Waals surface area contributed by atoms with Crippen molar-refractivity contribution in [1.82, 2.24) is 10.2 Å². The highest BCUT2D eigenvalue weighted by Crippen LogP contribution is 2.26. The van der Waals surface area contributed by atoms with E-state index < -0.39 is 6.04 Å². The first kappa shape index (κ1) is 24.1. The van der Waals surface area contributed by atoms with Crippen molar-refractivity contribution < 1.29 is 18.7 Å². The number of aryl methyl sites for hydroxylation is 2. The summed E-state index contributed by atoms with van der Waals surface area (Å²) >= 11 is 6.21. The Balaban J connectivity index is 1.73. The molecule has 1 aliphatic carbocycles. The summed E-state index contributed by atoms with van der Waals surface area (Å²) in [5.74, 6) is -0.322. The van der Waals surface area contributed by atoms with E-state index in [2.05, 4.69) is 5.32 Å². The third-order valence-corrected chi connectivity index (χ3v) is 6.50. The lowest BCUT2D eigenvalue weighted by atomic mass is 10.1. The third-order valence-electron chi connectivity index (χ3n) is 5.91. The zero-order valence-electron chi connectivity index (χ0n) is 18.8. The molecule has 2 aromatic carbocycles. The summed E-state index contributed by atoms with van der Waals surface area (Å²) in [6.45, 7) is 5.42. The van der Waals surface area contributed by atoms with Crippen LogP contribution in [0.3, 0.4) is 0 Å². The normalized spacial score (nSPS) is 14.8. The van der Waals surface area contributed by atoms with Crippen LogP contribution in [0.25, 0.3) is 0 Å². The monoisotopic (exact) mass is 460 g/mol. The summed E-state index contributed by atoms with van der Waals surface area (Å²) < 4.78 is 19.1. The summed E-state index contributed by atoms with van der Waals surface area (Å²) in [6.07, 6.45) is 4.13. The molecule has 5 nitrogen and oxygen atoms in total. The van der Waals surface area contributed by atoms with E-state index >= 15 is 0 Å². The molecule has 0 aromatic heterocycles. The Morgan fingerprint density at radius 2 is 1.75 bits per heavy atom. The standard InChI is InChI=1S/C25H30ClFN2O3/c1-16-12-22(13-17(2)24(16)26)32-15-23(30)29(14-19-8-10-20(27)11-9-19)18(3)25(31)28-21-6-4-5-7-21/h8-13,18,21H,4-7,14-15H2,1-3H3,(H,28,31)/t18-/m0/s1. The van der Waals surface area contributed by atoms with Crippen LogP contribution in [0.5, 0.6) is 5.75 Å². The van der Waals surface area contributed by atoms with E-state index in [0.29, 0.717) is 10.8 Å². The Bertz CT molecular complexity index is 935. The number of nitrogens with one attached hydrogen (secondary N) is 1. The molecule has 0 aliphatic heterocycles. The fourth-order valence-electron chi connectivity index (χ4n) is 3.98. The molecule has 0 unspecified atom stereocenters. The Labute approximate surface area is 193 Å². The van der Waals surface area contributed by atoms with Crippen LogP contribution < -0.4 is 10.1 Å². The van der Waals surface area contributed by atoms with Crippen LogP contribution in [0, 0.1) is 19.7 Å². The number of halogens is 2. The Morgan fingerprint density at radius 3 is 2.34 bits per heavy atom. The second-order valence-corrected chi connectivity index (χ2v) is 8.85. The Hall–Kier alpha value is -2.60. The molecule has 0 radical (unpaired) electrons. The van der Waals surface area contributed by atoms with Crippen LogP contribution in [0.1, 0.15) is 49.3 Å². The molecule has 0 heterocycles. The molecule has 32 heavy (non-hydrogen) atoms. The molecule has 0 saturated heterocycles. The van der Waals surface area contributed by atoms with Crippen LogP contribution in [0.4, 0.5) is 4.39 Å². The van der Waals surface area contributed by atoms with E-state index in [9.17, 15) is 14.0 Å². The first-order chi connectivity index (χ1) is 15.2. The zero-order valence-corrected chi connectivity index (χ0v) is 19.5. The predicted molar refractivity (Wildman–Crippen MR) is 123 cm³/mol. The SMILES string of the molecule is Cc1cc(OCC(=O)N(Cc2ccc(F)cc2)[C@@H](C)C(=O)NC2CCCC2)cc(C)c1Cl. The van der Waals surface area contributed by atoms with Crippen molar-refractivity contribution in [3.8, 4) is 5.75 Å². The molecule has 1 fully saturated rings. The average molecular weight is 461 g/mol. The quantitative estimate of drug-likeness (QED) is 0.606. The predicted octanol–water partition coefficient (Wildman–Crippen LogP) is 4.95. The van der Waals surface area contributed by atoms with E-state index in [1.54, 1.807) is 31.2 Å². The van der Waals surface area contributed by atoms with Gasteiger partial charge in [-0.15, -0.1) is 0 Å². The molecule has 1 atom stereocenters. The largest absolute Gasteiger partial charge is 0.484 e. The molecular formula is C25H30ClFN2O3. The number of hydrogen-bond donors (Lipinski definition) is 1. The Kier molecular flexibility index (Phi) is 8.13. The second kappa shape index (κ2) is 10.8.